The lowest BCUT2D eigenvalue weighted by atomic mass is 10.1. The lowest BCUT2D eigenvalue weighted by Crippen LogP contribution is -2.18. The fraction of sp³-hybridized carbons (Fsp3) is 0.538. The summed E-state index contributed by atoms with van der Waals surface area (Å²) >= 11 is 7.40. The molecule has 2 heterocycles. The van der Waals surface area contributed by atoms with Crippen molar-refractivity contribution in [2.24, 2.45) is 5.16 Å². The van der Waals surface area contributed by atoms with Crippen molar-refractivity contribution >= 4 is 28.4 Å². The topological polar surface area (TPSA) is 39.4 Å². The lowest BCUT2D eigenvalue weighted by molar-refractivity contribution is 0.0123. The zero-order valence-corrected chi connectivity index (χ0v) is 13.1. The number of halogens is 3. The maximum absolute atomic E-state index is 13.0. The summed E-state index contributed by atoms with van der Waals surface area (Å²) in [6.45, 7) is 3.87. The molecule has 8 heteroatoms. The molecule has 0 radical (unpaired) electrons. The Bertz CT molecular complexity index is 607. The van der Waals surface area contributed by atoms with Crippen molar-refractivity contribution in [3.8, 4) is 12.3 Å². The molecule has 4 nitrogen and oxygen atoms in total. The van der Waals surface area contributed by atoms with E-state index in [4.69, 9.17) is 22.9 Å². The first-order valence-corrected chi connectivity index (χ1v) is 7.55. The molecule has 1 aliphatic rings. The van der Waals surface area contributed by atoms with Crippen LogP contribution in [0.2, 0.25) is 5.15 Å². The molecule has 0 unspecified atom stereocenters. The van der Waals surface area contributed by atoms with Crippen LogP contribution in [0.15, 0.2) is 5.16 Å². The predicted molar refractivity (Wildman–Crippen MR) is 79.5 cm³/mol. The van der Waals surface area contributed by atoms with Crippen LogP contribution in [0.4, 0.5) is 8.78 Å². The highest BCUT2D eigenvalue weighted by atomic mass is 35.5. The standard InChI is InChI=1S/C13H14ClF2N3OS/c1-4-5-19-11(14)8(10(17-19)12(15)16)7-21-9-6-13(2,3)20-18-9/h1,12H,5-7H2,2-3H3. The number of hydrogen-bond donors (Lipinski definition) is 0. The Morgan fingerprint density at radius 1 is 1.57 bits per heavy atom. The third kappa shape index (κ3) is 3.69. The van der Waals surface area contributed by atoms with Crippen LogP contribution in [-0.4, -0.2) is 20.4 Å². The first kappa shape index (κ1) is 16.1. The first-order valence-electron chi connectivity index (χ1n) is 6.18. The number of rotatable bonds is 4. The van der Waals surface area contributed by atoms with E-state index in [-0.39, 0.29) is 28.7 Å². The molecule has 0 bridgehead atoms. The van der Waals surface area contributed by atoms with Gasteiger partial charge in [-0.1, -0.05) is 22.7 Å². The Labute approximate surface area is 130 Å². The largest absolute Gasteiger partial charge is 0.389 e. The van der Waals surface area contributed by atoms with Crippen molar-refractivity contribution in [1.29, 1.82) is 0 Å². The fourth-order valence-electron chi connectivity index (χ4n) is 1.83. The summed E-state index contributed by atoms with van der Waals surface area (Å²) in [4.78, 5) is 5.23. The minimum Gasteiger partial charge on any atom is -0.389 e. The maximum Gasteiger partial charge on any atom is 0.282 e. The van der Waals surface area contributed by atoms with E-state index >= 15 is 0 Å². The van der Waals surface area contributed by atoms with E-state index in [0.29, 0.717) is 12.0 Å². The third-order valence-electron chi connectivity index (χ3n) is 2.82. The molecule has 0 fully saturated rings. The number of terminal acetylenes is 1. The molecule has 0 atom stereocenters. The SMILES string of the molecule is C#CCn1nc(C(F)F)c(CSC2=NOC(C)(C)C2)c1Cl. The molecule has 21 heavy (non-hydrogen) atoms. The summed E-state index contributed by atoms with van der Waals surface area (Å²) in [7, 11) is 0. The molecule has 1 aromatic rings. The summed E-state index contributed by atoms with van der Waals surface area (Å²) in [6, 6.07) is 0. The molecular weight excluding hydrogens is 320 g/mol. The molecule has 0 saturated heterocycles. The average Bonchev–Trinajstić information content (AvgIpc) is 2.89. The number of nitrogens with zero attached hydrogens (tertiary/aromatic N) is 3. The molecule has 1 aliphatic heterocycles. The van der Waals surface area contributed by atoms with E-state index < -0.39 is 6.43 Å². The monoisotopic (exact) mass is 333 g/mol. The summed E-state index contributed by atoms with van der Waals surface area (Å²) in [5.41, 5.74) is -0.397. The van der Waals surface area contributed by atoms with Crippen molar-refractivity contribution in [3.05, 3.63) is 16.4 Å². The molecule has 0 amide bonds. The van der Waals surface area contributed by atoms with Gasteiger partial charge >= 0.3 is 0 Å². The second-order valence-electron chi connectivity index (χ2n) is 5.12. The van der Waals surface area contributed by atoms with E-state index in [1.54, 1.807) is 0 Å². The van der Waals surface area contributed by atoms with Crippen LogP contribution in [0.5, 0.6) is 0 Å². The number of hydrogen-bond acceptors (Lipinski definition) is 4. The van der Waals surface area contributed by atoms with Gasteiger partial charge in [0.25, 0.3) is 6.43 Å². The Kier molecular flexibility index (Phi) is 4.79. The van der Waals surface area contributed by atoms with Crippen LogP contribution < -0.4 is 0 Å². The van der Waals surface area contributed by atoms with Gasteiger partial charge in [0, 0.05) is 17.7 Å². The van der Waals surface area contributed by atoms with Crippen molar-refractivity contribution in [2.75, 3.05) is 0 Å². The number of alkyl halides is 2. The van der Waals surface area contributed by atoms with Gasteiger partial charge in [-0.2, -0.15) is 5.10 Å². The highest BCUT2D eigenvalue weighted by Crippen LogP contribution is 2.34. The number of aromatic nitrogens is 2. The normalized spacial score (nSPS) is 16.7. The van der Waals surface area contributed by atoms with Crippen molar-refractivity contribution in [2.45, 2.75) is 44.6 Å². The summed E-state index contributed by atoms with van der Waals surface area (Å²) < 4.78 is 27.3. The van der Waals surface area contributed by atoms with E-state index in [0.717, 1.165) is 5.04 Å². The fourth-order valence-corrected chi connectivity index (χ4v) is 3.31. The smallest absolute Gasteiger partial charge is 0.282 e. The molecular formula is C13H14ClF2N3OS. The highest BCUT2D eigenvalue weighted by Gasteiger charge is 2.30. The van der Waals surface area contributed by atoms with Crippen LogP contribution >= 0.6 is 23.4 Å². The summed E-state index contributed by atoms with van der Waals surface area (Å²) in [5.74, 6) is 2.58. The zero-order chi connectivity index (χ0) is 15.6. The molecule has 0 saturated carbocycles. The maximum atomic E-state index is 13.0. The molecule has 0 N–H and O–H groups in total. The molecule has 1 aromatic heterocycles. The predicted octanol–water partition coefficient (Wildman–Crippen LogP) is 3.85. The molecule has 0 aliphatic carbocycles. The minimum atomic E-state index is -2.70. The van der Waals surface area contributed by atoms with Crippen molar-refractivity contribution in [1.82, 2.24) is 9.78 Å². The van der Waals surface area contributed by atoms with E-state index in [1.165, 1.54) is 16.4 Å². The third-order valence-corrected chi connectivity index (χ3v) is 4.22. The van der Waals surface area contributed by atoms with Gasteiger partial charge in [0.15, 0.2) is 0 Å². The lowest BCUT2D eigenvalue weighted by Gasteiger charge is -2.13. The van der Waals surface area contributed by atoms with Crippen LogP contribution in [0.25, 0.3) is 0 Å². The van der Waals surface area contributed by atoms with Gasteiger partial charge in [0.2, 0.25) is 0 Å². The van der Waals surface area contributed by atoms with Crippen LogP contribution in [0.1, 0.15) is 38.0 Å². The van der Waals surface area contributed by atoms with Gasteiger partial charge in [0.1, 0.15) is 28.0 Å². The Morgan fingerprint density at radius 3 is 2.81 bits per heavy atom. The Morgan fingerprint density at radius 2 is 2.29 bits per heavy atom. The second kappa shape index (κ2) is 6.24. The van der Waals surface area contributed by atoms with E-state index in [1.807, 2.05) is 13.8 Å². The van der Waals surface area contributed by atoms with Crippen molar-refractivity contribution in [3.63, 3.8) is 0 Å². The van der Waals surface area contributed by atoms with Crippen LogP contribution in [0, 0.1) is 12.3 Å². The highest BCUT2D eigenvalue weighted by molar-refractivity contribution is 8.13. The first-order chi connectivity index (χ1) is 9.84. The zero-order valence-electron chi connectivity index (χ0n) is 11.6. The summed E-state index contributed by atoms with van der Waals surface area (Å²) in [6.07, 6.45) is 3.11. The van der Waals surface area contributed by atoms with Gasteiger partial charge in [-0.15, -0.1) is 18.2 Å². The second-order valence-corrected chi connectivity index (χ2v) is 6.53. The molecule has 0 spiro atoms. The number of thioether (sulfide) groups is 1. The van der Waals surface area contributed by atoms with E-state index in [9.17, 15) is 8.78 Å². The van der Waals surface area contributed by atoms with Crippen LogP contribution in [-0.2, 0) is 17.1 Å². The quantitative estimate of drug-likeness (QED) is 0.786. The van der Waals surface area contributed by atoms with Gasteiger partial charge in [0.05, 0.1) is 0 Å². The van der Waals surface area contributed by atoms with Gasteiger partial charge in [-0.05, 0) is 13.8 Å². The summed E-state index contributed by atoms with van der Waals surface area (Å²) in [5, 5.41) is 8.62. The Balaban J connectivity index is 2.14. The molecule has 2 rings (SSSR count). The minimum absolute atomic E-state index is 0.0559. The molecule has 0 aromatic carbocycles. The van der Waals surface area contributed by atoms with E-state index in [2.05, 4.69) is 16.2 Å². The molecule has 114 valence electrons. The van der Waals surface area contributed by atoms with Crippen molar-refractivity contribution < 1.29 is 13.6 Å². The van der Waals surface area contributed by atoms with Gasteiger partial charge in [-0.25, -0.2) is 13.5 Å². The average molecular weight is 334 g/mol. The Hall–Kier alpha value is -1.26. The number of oxime groups is 1. The van der Waals surface area contributed by atoms with Crippen LogP contribution in [0.3, 0.4) is 0 Å². The van der Waals surface area contributed by atoms with Gasteiger partial charge in [-0.3, -0.25) is 0 Å². The van der Waals surface area contributed by atoms with Gasteiger partial charge < -0.3 is 4.84 Å².